The molecule has 0 aliphatic rings. The van der Waals surface area contributed by atoms with Crippen molar-refractivity contribution in [3.63, 3.8) is 0 Å². The molecule has 6 heteroatoms. The molecule has 82 valence electrons. The number of nitrogen functional groups attached to an aromatic ring is 1. The van der Waals surface area contributed by atoms with Gasteiger partial charge in [0.2, 0.25) is 5.88 Å². The standard InChI is InChI=1S/C10H9N3O3/c11-8-5-9(13-12-8)16-7-3-1-2-6(4-7)10(14)15/h1-5H,(H,14,15)(H3,11,12,13). The van der Waals surface area contributed by atoms with Gasteiger partial charge in [-0.05, 0) is 18.2 Å². The number of nitrogens with two attached hydrogens (primary N) is 1. The van der Waals surface area contributed by atoms with Crippen molar-refractivity contribution in [1.82, 2.24) is 10.2 Å². The Bertz CT molecular complexity index is 522. The maximum absolute atomic E-state index is 10.7. The number of aromatic amines is 1. The van der Waals surface area contributed by atoms with E-state index in [1.54, 1.807) is 12.1 Å². The van der Waals surface area contributed by atoms with Crippen LogP contribution in [-0.4, -0.2) is 21.3 Å². The highest BCUT2D eigenvalue weighted by molar-refractivity contribution is 5.88. The van der Waals surface area contributed by atoms with Crippen molar-refractivity contribution in [3.8, 4) is 11.6 Å². The molecule has 0 spiro atoms. The molecule has 6 nitrogen and oxygen atoms in total. The molecule has 1 heterocycles. The van der Waals surface area contributed by atoms with E-state index in [4.69, 9.17) is 15.6 Å². The first-order chi connectivity index (χ1) is 7.65. The topological polar surface area (TPSA) is 101 Å². The summed E-state index contributed by atoms with van der Waals surface area (Å²) in [4.78, 5) is 10.7. The Balaban J connectivity index is 2.21. The minimum atomic E-state index is -1.01. The Morgan fingerprint density at radius 3 is 2.88 bits per heavy atom. The molecular weight excluding hydrogens is 210 g/mol. The Labute approximate surface area is 90.7 Å². The minimum Gasteiger partial charge on any atom is -0.478 e. The second kappa shape index (κ2) is 3.93. The van der Waals surface area contributed by atoms with Gasteiger partial charge in [-0.3, -0.25) is 5.10 Å². The lowest BCUT2D eigenvalue weighted by Crippen LogP contribution is -1.96. The quantitative estimate of drug-likeness (QED) is 0.725. The molecule has 1 aromatic heterocycles. The van der Waals surface area contributed by atoms with E-state index in [0.29, 0.717) is 17.4 Å². The lowest BCUT2D eigenvalue weighted by molar-refractivity contribution is 0.0696. The zero-order valence-electron chi connectivity index (χ0n) is 8.18. The third kappa shape index (κ3) is 2.11. The lowest BCUT2D eigenvalue weighted by atomic mass is 10.2. The number of anilines is 1. The molecule has 0 fully saturated rings. The average Bonchev–Trinajstić information content (AvgIpc) is 2.64. The van der Waals surface area contributed by atoms with E-state index < -0.39 is 5.97 Å². The SMILES string of the molecule is Nc1cc(Oc2cccc(C(=O)O)c2)n[nH]1. The van der Waals surface area contributed by atoms with Gasteiger partial charge in [0.15, 0.2) is 0 Å². The summed E-state index contributed by atoms with van der Waals surface area (Å²) in [5, 5.41) is 15.1. The van der Waals surface area contributed by atoms with Gasteiger partial charge in [-0.2, -0.15) is 0 Å². The molecular formula is C10H9N3O3. The summed E-state index contributed by atoms with van der Waals surface area (Å²) in [7, 11) is 0. The summed E-state index contributed by atoms with van der Waals surface area (Å²) in [6, 6.07) is 7.63. The second-order valence-electron chi connectivity index (χ2n) is 3.10. The molecule has 0 bridgehead atoms. The molecule has 0 saturated carbocycles. The number of rotatable bonds is 3. The number of hydrogen-bond donors (Lipinski definition) is 3. The largest absolute Gasteiger partial charge is 0.478 e. The first-order valence-electron chi connectivity index (χ1n) is 4.47. The maximum atomic E-state index is 10.7. The summed E-state index contributed by atoms with van der Waals surface area (Å²) in [5.74, 6) is 0.0582. The monoisotopic (exact) mass is 219 g/mol. The fraction of sp³-hybridized carbons (Fsp3) is 0. The van der Waals surface area contributed by atoms with E-state index in [2.05, 4.69) is 10.2 Å². The van der Waals surface area contributed by atoms with Crippen LogP contribution in [0.2, 0.25) is 0 Å². The minimum absolute atomic E-state index is 0.154. The van der Waals surface area contributed by atoms with E-state index in [1.165, 1.54) is 18.2 Å². The Morgan fingerprint density at radius 2 is 2.25 bits per heavy atom. The molecule has 16 heavy (non-hydrogen) atoms. The molecule has 4 N–H and O–H groups in total. The molecule has 2 rings (SSSR count). The van der Waals surface area contributed by atoms with Crippen LogP contribution in [0.15, 0.2) is 30.3 Å². The highest BCUT2D eigenvalue weighted by atomic mass is 16.5. The number of benzene rings is 1. The second-order valence-corrected chi connectivity index (χ2v) is 3.10. The zero-order valence-corrected chi connectivity index (χ0v) is 8.18. The highest BCUT2D eigenvalue weighted by Gasteiger charge is 2.05. The summed E-state index contributed by atoms with van der Waals surface area (Å²) < 4.78 is 5.30. The van der Waals surface area contributed by atoms with Crippen molar-refractivity contribution in [2.75, 3.05) is 5.73 Å². The number of nitrogens with one attached hydrogen (secondary N) is 1. The summed E-state index contributed by atoms with van der Waals surface area (Å²) in [5.41, 5.74) is 5.57. The number of aromatic carboxylic acids is 1. The number of aromatic nitrogens is 2. The van der Waals surface area contributed by atoms with Crippen molar-refractivity contribution in [1.29, 1.82) is 0 Å². The van der Waals surface area contributed by atoms with E-state index in [1.807, 2.05) is 0 Å². The number of hydrogen-bond acceptors (Lipinski definition) is 4. The first kappa shape index (κ1) is 10.0. The number of nitrogens with zero attached hydrogens (tertiary/aromatic N) is 1. The van der Waals surface area contributed by atoms with Crippen LogP contribution < -0.4 is 10.5 Å². The summed E-state index contributed by atoms with van der Waals surface area (Å²) >= 11 is 0. The van der Waals surface area contributed by atoms with Crippen LogP contribution in [0.5, 0.6) is 11.6 Å². The van der Waals surface area contributed by atoms with Crippen LogP contribution in [0, 0.1) is 0 Å². The van der Waals surface area contributed by atoms with Gasteiger partial charge in [-0.1, -0.05) is 6.07 Å². The third-order valence-corrected chi connectivity index (χ3v) is 1.88. The van der Waals surface area contributed by atoms with E-state index in [9.17, 15) is 4.79 Å². The van der Waals surface area contributed by atoms with Gasteiger partial charge in [0, 0.05) is 6.07 Å². The fourth-order valence-corrected chi connectivity index (χ4v) is 1.18. The number of carbonyl (C=O) groups is 1. The summed E-state index contributed by atoms with van der Waals surface area (Å²) in [6.07, 6.45) is 0. The van der Waals surface area contributed by atoms with Crippen LogP contribution >= 0.6 is 0 Å². The van der Waals surface area contributed by atoms with Crippen molar-refractivity contribution < 1.29 is 14.6 Å². The molecule has 0 atom stereocenters. The van der Waals surface area contributed by atoms with Crippen molar-refractivity contribution in [3.05, 3.63) is 35.9 Å². The van der Waals surface area contributed by atoms with Crippen LogP contribution in [-0.2, 0) is 0 Å². The lowest BCUT2D eigenvalue weighted by Gasteiger charge is -2.02. The van der Waals surface area contributed by atoms with Crippen molar-refractivity contribution >= 4 is 11.8 Å². The molecule has 0 amide bonds. The first-order valence-corrected chi connectivity index (χ1v) is 4.47. The van der Waals surface area contributed by atoms with Gasteiger partial charge in [0.1, 0.15) is 11.6 Å². The zero-order chi connectivity index (χ0) is 11.5. The van der Waals surface area contributed by atoms with Crippen LogP contribution in [0.3, 0.4) is 0 Å². The summed E-state index contributed by atoms with van der Waals surface area (Å²) in [6.45, 7) is 0. The van der Waals surface area contributed by atoms with Crippen LogP contribution in [0.1, 0.15) is 10.4 Å². The smallest absolute Gasteiger partial charge is 0.335 e. The average molecular weight is 219 g/mol. The van der Waals surface area contributed by atoms with Gasteiger partial charge in [0.05, 0.1) is 5.56 Å². The Morgan fingerprint density at radius 1 is 1.44 bits per heavy atom. The van der Waals surface area contributed by atoms with Gasteiger partial charge in [0.25, 0.3) is 0 Å². The predicted octanol–water partition coefficient (Wildman–Crippen LogP) is 1.48. The predicted molar refractivity (Wildman–Crippen MR) is 56.5 cm³/mol. The van der Waals surface area contributed by atoms with E-state index in [-0.39, 0.29) is 5.56 Å². The van der Waals surface area contributed by atoms with Crippen LogP contribution in [0.4, 0.5) is 5.82 Å². The molecule has 0 radical (unpaired) electrons. The fourth-order valence-electron chi connectivity index (χ4n) is 1.18. The van der Waals surface area contributed by atoms with E-state index in [0.717, 1.165) is 0 Å². The van der Waals surface area contributed by atoms with Crippen molar-refractivity contribution in [2.45, 2.75) is 0 Å². The third-order valence-electron chi connectivity index (χ3n) is 1.88. The number of carboxylic acid groups (broad SMARTS) is 1. The normalized spacial score (nSPS) is 10.0. The van der Waals surface area contributed by atoms with Crippen molar-refractivity contribution in [2.24, 2.45) is 0 Å². The van der Waals surface area contributed by atoms with Crippen LogP contribution in [0.25, 0.3) is 0 Å². The molecule has 2 aromatic rings. The van der Waals surface area contributed by atoms with Gasteiger partial charge >= 0.3 is 5.97 Å². The molecule has 0 unspecified atom stereocenters. The number of ether oxygens (including phenoxy) is 1. The molecule has 1 aromatic carbocycles. The molecule has 0 aliphatic heterocycles. The van der Waals surface area contributed by atoms with Gasteiger partial charge < -0.3 is 15.6 Å². The number of carboxylic acids is 1. The molecule has 0 saturated heterocycles. The molecule has 0 aliphatic carbocycles. The number of H-pyrrole nitrogens is 1. The highest BCUT2D eigenvalue weighted by Crippen LogP contribution is 2.21. The van der Waals surface area contributed by atoms with E-state index >= 15 is 0 Å². The Hall–Kier alpha value is -2.50. The maximum Gasteiger partial charge on any atom is 0.335 e. The van der Waals surface area contributed by atoms with Gasteiger partial charge in [-0.25, -0.2) is 4.79 Å². The van der Waals surface area contributed by atoms with Gasteiger partial charge in [-0.15, -0.1) is 5.10 Å². The Kier molecular flexibility index (Phi) is 2.47.